The Morgan fingerprint density at radius 1 is 1.00 bits per heavy atom. The average molecular weight is 384 g/mol. The third-order valence-electron chi connectivity index (χ3n) is 4.80. The second-order valence-electron chi connectivity index (χ2n) is 6.72. The number of benzene rings is 2. The molecule has 2 aromatic rings. The van der Waals surface area contributed by atoms with Crippen LogP contribution in [0, 0.1) is 27.2 Å². The number of anilines is 2. The number of amides is 1. The van der Waals surface area contributed by atoms with Crippen LogP contribution in [0.1, 0.15) is 35.2 Å². The predicted octanol–water partition coefficient (Wildman–Crippen LogP) is 4.05. The van der Waals surface area contributed by atoms with E-state index in [2.05, 4.69) is 5.32 Å². The van der Waals surface area contributed by atoms with Gasteiger partial charge in [0.1, 0.15) is 5.69 Å². The summed E-state index contributed by atoms with van der Waals surface area (Å²) >= 11 is 0. The van der Waals surface area contributed by atoms with Crippen LogP contribution in [0.25, 0.3) is 0 Å². The standard InChI is InChI=1S/C19H20N4O5/c1-13-11-15(22(25)26)6-7-16(13)20-19(24)14-5-8-17(18(12-14)23(27)28)21-9-3-2-4-10-21/h5-8,11-12H,2-4,9-10H2,1H3,(H,20,24). The minimum absolute atomic E-state index is 0.0722. The number of nitrogens with one attached hydrogen (secondary N) is 1. The minimum atomic E-state index is -0.513. The Balaban J connectivity index is 1.85. The van der Waals surface area contributed by atoms with Crippen LogP contribution < -0.4 is 10.2 Å². The number of hydrogen-bond donors (Lipinski definition) is 1. The van der Waals surface area contributed by atoms with E-state index in [-0.39, 0.29) is 16.9 Å². The molecule has 0 aliphatic carbocycles. The number of carbonyl (C=O) groups excluding carboxylic acids is 1. The maximum absolute atomic E-state index is 12.6. The molecule has 1 fully saturated rings. The van der Waals surface area contributed by atoms with Gasteiger partial charge in [-0.2, -0.15) is 0 Å². The highest BCUT2D eigenvalue weighted by molar-refractivity contribution is 6.05. The average Bonchev–Trinajstić information content (AvgIpc) is 2.69. The molecule has 9 heteroatoms. The van der Waals surface area contributed by atoms with E-state index in [1.54, 1.807) is 19.1 Å². The highest BCUT2D eigenvalue weighted by Gasteiger charge is 2.23. The summed E-state index contributed by atoms with van der Waals surface area (Å²) in [6.45, 7) is 3.16. The van der Waals surface area contributed by atoms with Gasteiger partial charge < -0.3 is 10.2 Å². The van der Waals surface area contributed by atoms with Crippen LogP contribution >= 0.6 is 0 Å². The molecular weight excluding hydrogens is 364 g/mol. The van der Waals surface area contributed by atoms with Gasteiger partial charge in [0.15, 0.2) is 0 Å². The van der Waals surface area contributed by atoms with Crippen LogP contribution in [0.4, 0.5) is 22.7 Å². The van der Waals surface area contributed by atoms with E-state index >= 15 is 0 Å². The van der Waals surface area contributed by atoms with Crippen molar-refractivity contribution in [2.75, 3.05) is 23.3 Å². The van der Waals surface area contributed by atoms with Crippen molar-refractivity contribution in [3.63, 3.8) is 0 Å². The van der Waals surface area contributed by atoms with Gasteiger partial charge in [0.05, 0.1) is 9.85 Å². The number of non-ortho nitro benzene ring substituents is 1. The van der Waals surface area contributed by atoms with Gasteiger partial charge in [0.2, 0.25) is 0 Å². The van der Waals surface area contributed by atoms with Gasteiger partial charge in [0.25, 0.3) is 17.3 Å². The van der Waals surface area contributed by atoms with E-state index in [1.165, 1.54) is 24.3 Å². The summed E-state index contributed by atoms with van der Waals surface area (Å²) < 4.78 is 0. The van der Waals surface area contributed by atoms with E-state index in [9.17, 15) is 25.0 Å². The van der Waals surface area contributed by atoms with Crippen molar-refractivity contribution in [3.05, 3.63) is 67.8 Å². The maximum Gasteiger partial charge on any atom is 0.293 e. The van der Waals surface area contributed by atoms with Gasteiger partial charge in [0, 0.05) is 42.5 Å². The van der Waals surface area contributed by atoms with Crippen LogP contribution in [-0.2, 0) is 0 Å². The van der Waals surface area contributed by atoms with Crippen LogP contribution in [-0.4, -0.2) is 28.8 Å². The molecule has 0 bridgehead atoms. The number of nitrogens with zero attached hydrogens (tertiary/aromatic N) is 3. The molecular formula is C19H20N4O5. The first-order valence-corrected chi connectivity index (χ1v) is 8.96. The first-order valence-electron chi connectivity index (χ1n) is 8.96. The van der Waals surface area contributed by atoms with Crippen molar-refractivity contribution in [2.45, 2.75) is 26.2 Å². The van der Waals surface area contributed by atoms with Crippen LogP contribution in [0.15, 0.2) is 36.4 Å². The van der Waals surface area contributed by atoms with Crippen molar-refractivity contribution in [1.29, 1.82) is 0 Å². The summed E-state index contributed by atoms with van der Waals surface area (Å²) in [7, 11) is 0. The lowest BCUT2D eigenvalue weighted by Crippen LogP contribution is -2.30. The third-order valence-corrected chi connectivity index (χ3v) is 4.80. The molecule has 0 saturated carbocycles. The molecule has 28 heavy (non-hydrogen) atoms. The lowest BCUT2D eigenvalue weighted by Gasteiger charge is -2.28. The molecule has 9 nitrogen and oxygen atoms in total. The summed E-state index contributed by atoms with van der Waals surface area (Å²) in [5, 5.41) is 25.0. The molecule has 0 radical (unpaired) electrons. The molecule has 3 rings (SSSR count). The molecule has 0 unspecified atom stereocenters. The molecule has 0 atom stereocenters. The van der Waals surface area contributed by atoms with Gasteiger partial charge in [-0.1, -0.05) is 0 Å². The SMILES string of the molecule is Cc1cc([N+](=O)[O-])ccc1NC(=O)c1ccc(N2CCCCC2)c([N+](=O)[O-])c1. The third kappa shape index (κ3) is 4.08. The molecule has 1 N–H and O–H groups in total. The number of piperidine rings is 1. The number of nitro groups is 2. The Hall–Kier alpha value is -3.49. The quantitative estimate of drug-likeness (QED) is 0.613. The van der Waals surface area contributed by atoms with Crippen LogP contribution in [0.5, 0.6) is 0 Å². The molecule has 1 heterocycles. The topological polar surface area (TPSA) is 119 Å². The molecule has 1 saturated heterocycles. The fraction of sp³-hybridized carbons (Fsp3) is 0.316. The molecule has 1 aliphatic heterocycles. The van der Waals surface area contributed by atoms with E-state index in [1.807, 2.05) is 4.90 Å². The summed E-state index contributed by atoms with van der Waals surface area (Å²) in [4.78, 5) is 35.9. The molecule has 1 amide bonds. The number of aryl methyl sites for hydroxylation is 1. The van der Waals surface area contributed by atoms with Crippen molar-refractivity contribution in [3.8, 4) is 0 Å². The predicted molar refractivity (Wildman–Crippen MR) is 105 cm³/mol. The minimum Gasteiger partial charge on any atom is -0.366 e. The molecule has 2 aromatic carbocycles. The first kappa shape index (κ1) is 19.3. The Morgan fingerprint density at radius 3 is 2.32 bits per heavy atom. The number of hydrogen-bond acceptors (Lipinski definition) is 6. The van der Waals surface area contributed by atoms with Gasteiger partial charge in [-0.15, -0.1) is 0 Å². The van der Waals surface area contributed by atoms with Gasteiger partial charge in [-0.25, -0.2) is 0 Å². The van der Waals surface area contributed by atoms with E-state index < -0.39 is 15.8 Å². The lowest BCUT2D eigenvalue weighted by molar-refractivity contribution is -0.384. The van der Waals surface area contributed by atoms with Crippen molar-refractivity contribution in [1.82, 2.24) is 0 Å². The summed E-state index contributed by atoms with van der Waals surface area (Å²) in [5.74, 6) is -0.509. The monoisotopic (exact) mass is 384 g/mol. The Kier molecular flexibility index (Phi) is 5.53. The van der Waals surface area contributed by atoms with Gasteiger partial charge in [-0.05, 0) is 49.9 Å². The van der Waals surface area contributed by atoms with Crippen molar-refractivity contribution < 1.29 is 14.6 Å². The van der Waals surface area contributed by atoms with Crippen LogP contribution in [0.3, 0.4) is 0 Å². The first-order chi connectivity index (χ1) is 13.4. The number of rotatable bonds is 5. The second kappa shape index (κ2) is 8.03. The Morgan fingerprint density at radius 2 is 1.71 bits per heavy atom. The second-order valence-corrected chi connectivity index (χ2v) is 6.72. The van der Waals surface area contributed by atoms with Crippen LogP contribution in [0.2, 0.25) is 0 Å². The fourth-order valence-electron chi connectivity index (χ4n) is 3.31. The molecule has 1 aliphatic rings. The highest BCUT2D eigenvalue weighted by Crippen LogP contribution is 2.31. The Labute approximate surface area is 161 Å². The zero-order valence-electron chi connectivity index (χ0n) is 15.4. The molecule has 0 aromatic heterocycles. The van der Waals surface area contributed by atoms with E-state index in [4.69, 9.17) is 0 Å². The zero-order chi connectivity index (χ0) is 20.3. The summed E-state index contributed by atoms with van der Waals surface area (Å²) in [6.07, 6.45) is 3.08. The summed E-state index contributed by atoms with van der Waals surface area (Å²) in [5.41, 5.74) is 1.45. The number of carbonyl (C=O) groups is 1. The van der Waals surface area contributed by atoms with E-state index in [0.29, 0.717) is 16.9 Å². The Bertz CT molecular complexity index is 938. The largest absolute Gasteiger partial charge is 0.366 e. The van der Waals surface area contributed by atoms with Gasteiger partial charge in [-0.3, -0.25) is 25.0 Å². The van der Waals surface area contributed by atoms with Crippen molar-refractivity contribution >= 4 is 28.7 Å². The van der Waals surface area contributed by atoms with Crippen molar-refractivity contribution in [2.24, 2.45) is 0 Å². The highest BCUT2D eigenvalue weighted by atomic mass is 16.6. The lowest BCUT2D eigenvalue weighted by atomic mass is 10.1. The normalized spacial score (nSPS) is 13.8. The fourth-order valence-corrected chi connectivity index (χ4v) is 3.31. The smallest absolute Gasteiger partial charge is 0.293 e. The summed E-state index contributed by atoms with van der Waals surface area (Å²) in [6, 6.07) is 8.55. The zero-order valence-corrected chi connectivity index (χ0v) is 15.4. The molecule has 0 spiro atoms. The van der Waals surface area contributed by atoms with Gasteiger partial charge >= 0.3 is 0 Å². The maximum atomic E-state index is 12.6. The number of nitro benzene ring substituents is 2. The molecule has 146 valence electrons. The van der Waals surface area contributed by atoms with E-state index in [0.717, 1.165) is 32.4 Å².